The quantitative estimate of drug-likeness (QED) is 0.337. The maximum Gasteiger partial charge on any atom is 0.188 e. The summed E-state index contributed by atoms with van der Waals surface area (Å²) < 4.78 is 0. The van der Waals surface area contributed by atoms with Crippen molar-refractivity contribution in [1.82, 2.24) is 15.1 Å². The smallest absolute Gasteiger partial charge is 0.188 e. The highest BCUT2D eigenvalue weighted by Gasteiger charge is 2.38. The molecule has 1 unspecified atom stereocenters. The van der Waals surface area contributed by atoms with Crippen molar-refractivity contribution in [2.45, 2.75) is 63.5 Å². The molecule has 1 saturated carbocycles. The molecule has 3 aliphatic rings. The van der Waals surface area contributed by atoms with Gasteiger partial charge in [0.1, 0.15) is 0 Å². The number of hydrogen-bond donors (Lipinski definition) is 2. The number of rotatable bonds is 6. The van der Waals surface area contributed by atoms with Crippen molar-refractivity contribution in [3.63, 3.8) is 0 Å². The second kappa shape index (κ2) is 11.3. The second-order valence-electron chi connectivity index (χ2n) is 7.89. The summed E-state index contributed by atoms with van der Waals surface area (Å²) in [5, 5.41) is 3.41. The number of halogens is 1. The first-order valence-electron chi connectivity index (χ1n) is 10.3. The summed E-state index contributed by atoms with van der Waals surface area (Å²) in [6, 6.07) is 0.626. The van der Waals surface area contributed by atoms with Gasteiger partial charge in [-0.15, -0.1) is 24.0 Å². The fourth-order valence-corrected chi connectivity index (χ4v) is 5.78. The fraction of sp³-hybridized carbons (Fsp3) is 0.947. The minimum Gasteiger partial charge on any atom is -0.370 e. The van der Waals surface area contributed by atoms with E-state index in [4.69, 9.17) is 10.7 Å². The maximum absolute atomic E-state index is 6.24. The zero-order chi connectivity index (χ0) is 17.5. The Balaban J connectivity index is 0.00000243. The van der Waals surface area contributed by atoms with Gasteiger partial charge in [0, 0.05) is 42.7 Å². The minimum atomic E-state index is 0. The van der Waals surface area contributed by atoms with Crippen LogP contribution in [-0.2, 0) is 0 Å². The fourth-order valence-electron chi connectivity index (χ4n) is 4.88. The summed E-state index contributed by atoms with van der Waals surface area (Å²) in [4.78, 5) is 10.1. The standard InChI is InChI=1S/C19H37N5S.HI/c1-2-23-10-6-7-17(23)15-21-18(20)22-16-19(8-4-3-5-9-19)24-11-13-25-14-12-24;/h17H,2-16H2,1H3,(H3,20,21,22);1H. The summed E-state index contributed by atoms with van der Waals surface area (Å²) in [5.74, 6) is 3.20. The molecule has 152 valence electrons. The van der Waals surface area contributed by atoms with Gasteiger partial charge in [0.05, 0.1) is 6.54 Å². The molecule has 1 atom stereocenters. The SMILES string of the molecule is CCN1CCCC1CNC(N)=NCC1(N2CCSCC2)CCCCC1.I. The van der Waals surface area contributed by atoms with E-state index >= 15 is 0 Å². The Kier molecular flexibility index (Phi) is 9.82. The summed E-state index contributed by atoms with van der Waals surface area (Å²) in [6.45, 7) is 8.88. The van der Waals surface area contributed by atoms with E-state index < -0.39 is 0 Å². The molecule has 3 N–H and O–H groups in total. The predicted molar refractivity (Wildman–Crippen MR) is 125 cm³/mol. The number of likely N-dealkylation sites (N-methyl/N-ethyl adjacent to an activating group) is 1. The Morgan fingerprint density at radius 2 is 1.88 bits per heavy atom. The van der Waals surface area contributed by atoms with Crippen LogP contribution >= 0.6 is 35.7 Å². The van der Waals surface area contributed by atoms with Crippen LogP contribution < -0.4 is 11.1 Å². The molecule has 0 amide bonds. The van der Waals surface area contributed by atoms with Gasteiger partial charge in [-0.1, -0.05) is 26.2 Å². The molecule has 2 heterocycles. The van der Waals surface area contributed by atoms with E-state index in [-0.39, 0.29) is 29.5 Å². The Morgan fingerprint density at radius 1 is 1.15 bits per heavy atom. The van der Waals surface area contributed by atoms with Crippen LogP contribution in [0.3, 0.4) is 0 Å². The summed E-state index contributed by atoms with van der Waals surface area (Å²) >= 11 is 2.09. The molecule has 0 aromatic heterocycles. The molecule has 3 fully saturated rings. The van der Waals surface area contributed by atoms with Crippen LogP contribution in [0.2, 0.25) is 0 Å². The number of nitrogens with two attached hydrogens (primary N) is 1. The molecule has 0 bridgehead atoms. The van der Waals surface area contributed by atoms with Crippen molar-refractivity contribution in [1.29, 1.82) is 0 Å². The van der Waals surface area contributed by atoms with Crippen molar-refractivity contribution in [2.75, 3.05) is 50.8 Å². The molecule has 0 aromatic rings. The monoisotopic (exact) mass is 495 g/mol. The largest absolute Gasteiger partial charge is 0.370 e. The molecule has 26 heavy (non-hydrogen) atoms. The van der Waals surface area contributed by atoms with Gasteiger partial charge in [-0.3, -0.25) is 14.8 Å². The first-order chi connectivity index (χ1) is 12.2. The highest BCUT2D eigenvalue weighted by Crippen LogP contribution is 2.35. The van der Waals surface area contributed by atoms with Crippen molar-refractivity contribution >= 4 is 41.7 Å². The van der Waals surface area contributed by atoms with E-state index in [1.54, 1.807) is 0 Å². The van der Waals surface area contributed by atoms with Crippen LogP contribution in [0.15, 0.2) is 4.99 Å². The Bertz CT molecular complexity index is 436. The number of nitrogens with zero attached hydrogens (tertiary/aromatic N) is 3. The van der Waals surface area contributed by atoms with Crippen molar-refractivity contribution in [2.24, 2.45) is 10.7 Å². The van der Waals surface area contributed by atoms with Crippen LogP contribution in [0.25, 0.3) is 0 Å². The van der Waals surface area contributed by atoms with Crippen LogP contribution in [0.1, 0.15) is 51.9 Å². The van der Waals surface area contributed by atoms with E-state index in [1.165, 1.54) is 76.1 Å². The molecule has 0 aromatic carbocycles. The van der Waals surface area contributed by atoms with E-state index in [2.05, 4.69) is 33.8 Å². The van der Waals surface area contributed by atoms with Gasteiger partial charge >= 0.3 is 0 Å². The van der Waals surface area contributed by atoms with Gasteiger partial charge in [0.15, 0.2) is 5.96 Å². The number of guanidine groups is 1. The number of hydrogen-bond acceptors (Lipinski definition) is 4. The van der Waals surface area contributed by atoms with Gasteiger partial charge in [0.25, 0.3) is 0 Å². The Hall–Kier alpha value is 0.270. The highest BCUT2D eigenvalue weighted by atomic mass is 127. The third-order valence-electron chi connectivity index (χ3n) is 6.43. The van der Waals surface area contributed by atoms with Gasteiger partial charge in [-0.25, -0.2) is 0 Å². The average molecular weight is 496 g/mol. The number of nitrogens with one attached hydrogen (secondary N) is 1. The van der Waals surface area contributed by atoms with Crippen molar-refractivity contribution < 1.29 is 0 Å². The summed E-state index contributed by atoms with van der Waals surface area (Å²) in [7, 11) is 0. The van der Waals surface area contributed by atoms with Gasteiger partial charge < -0.3 is 11.1 Å². The van der Waals surface area contributed by atoms with Gasteiger partial charge in [0.2, 0.25) is 0 Å². The normalized spacial score (nSPS) is 27.9. The van der Waals surface area contributed by atoms with E-state index in [1.807, 2.05) is 0 Å². The van der Waals surface area contributed by atoms with E-state index in [0.29, 0.717) is 12.0 Å². The second-order valence-corrected chi connectivity index (χ2v) is 9.12. The molecule has 3 rings (SSSR count). The zero-order valence-corrected chi connectivity index (χ0v) is 19.6. The molecule has 1 aliphatic carbocycles. The van der Waals surface area contributed by atoms with E-state index in [0.717, 1.165) is 19.6 Å². The summed E-state index contributed by atoms with van der Waals surface area (Å²) in [6.07, 6.45) is 9.26. The van der Waals surface area contributed by atoms with Crippen molar-refractivity contribution in [3.05, 3.63) is 0 Å². The van der Waals surface area contributed by atoms with Crippen molar-refractivity contribution in [3.8, 4) is 0 Å². The van der Waals surface area contributed by atoms with Crippen LogP contribution in [0, 0.1) is 0 Å². The molecular formula is C19H38IN5S. The van der Waals surface area contributed by atoms with Crippen LogP contribution in [-0.4, -0.2) is 78.1 Å². The molecular weight excluding hydrogens is 457 g/mol. The minimum absolute atomic E-state index is 0. The molecule has 2 saturated heterocycles. The lowest BCUT2D eigenvalue weighted by atomic mass is 9.80. The number of likely N-dealkylation sites (tertiary alicyclic amines) is 1. The number of thioether (sulfide) groups is 1. The van der Waals surface area contributed by atoms with Crippen LogP contribution in [0.4, 0.5) is 0 Å². The lowest BCUT2D eigenvalue weighted by molar-refractivity contribution is 0.0672. The molecule has 0 spiro atoms. The lowest BCUT2D eigenvalue weighted by Crippen LogP contribution is -2.55. The predicted octanol–water partition coefficient (Wildman–Crippen LogP) is 2.74. The number of aliphatic imine (C=N–C) groups is 1. The molecule has 5 nitrogen and oxygen atoms in total. The van der Waals surface area contributed by atoms with E-state index in [9.17, 15) is 0 Å². The third-order valence-corrected chi connectivity index (χ3v) is 7.38. The third kappa shape index (κ3) is 5.88. The van der Waals surface area contributed by atoms with Gasteiger partial charge in [-0.2, -0.15) is 11.8 Å². The Labute approximate surface area is 181 Å². The van der Waals surface area contributed by atoms with Crippen LogP contribution in [0.5, 0.6) is 0 Å². The lowest BCUT2D eigenvalue weighted by Gasteiger charge is -2.47. The maximum atomic E-state index is 6.24. The average Bonchev–Trinajstić information content (AvgIpc) is 3.14. The molecule has 2 aliphatic heterocycles. The summed E-state index contributed by atoms with van der Waals surface area (Å²) in [5.41, 5.74) is 6.51. The Morgan fingerprint density at radius 3 is 2.58 bits per heavy atom. The molecule has 0 radical (unpaired) electrons. The first kappa shape index (κ1) is 22.6. The van der Waals surface area contributed by atoms with Gasteiger partial charge in [-0.05, 0) is 38.8 Å². The molecule has 7 heteroatoms. The first-order valence-corrected chi connectivity index (χ1v) is 11.5. The highest BCUT2D eigenvalue weighted by molar-refractivity contribution is 14.0. The zero-order valence-electron chi connectivity index (χ0n) is 16.4. The topological polar surface area (TPSA) is 56.9 Å².